The lowest BCUT2D eigenvalue weighted by molar-refractivity contribution is -0.120. The van der Waals surface area contributed by atoms with E-state index in [0.717, 1.165) is 16.5 Å². The summed E-state index contributed by atoms with van der Waals surface area (Å²) in [7, 11) is 0. The Labute approximate surface area is 143 Å². The van der Waals surface area contributed by atoms with Crippen molar-refractivity contribution in [2.24, 2.45) is 5.10 Å². The number of rotatable bonds is 4. The van der Waals surface area contributed by atoms with Crippen molar-refractivity contribution in [1.29, 1.82) is 0 Å². The number of aromatic amines is 1. The van der Waals surface area contributed by atoms with E-state index in [1.54, 1.807) is 18.2 Å². The Morgan fingerprint density at radius 1 is 1.22 bits per heavy atom. The van der Waals surface area contributed by atoms with E-state index in [0.29, 0.717) is 15.6 Å². The molecule has 0 spiro atoms. The van der Waals surface area contributed by atoms with Gasteiger partial charge in [-0.2, -0.15) is 5.10 Å². The van der Waals surface area contributed by atoms with Gasteiger partial charge in [0.15, 0.2) is 0 Å². The van der Waals surface area contributed by atoms with Crippen LogP contribution in [0, 0.1) is 0 Å². The fourth-order valence-electron chi connectivity index (χ4n) is 2.27. The average molecular weight is 346 g/mol. The number of carbonyl (C=O) groups excluding carboxylic acids is 1. The van der Waals surface area contributed by atoms with Gasteiger partial charge < -0.3 is 4.98 Å². The zero-order valence-electron chi connectivity index (χ0n) is 12.0. The van der Waals surface area contributed by atoms with E-state index in [-0.39, 0.29) is 12.3 Å². The van der Waals surface area contributed by atoms with Gasteiger partial charge in [0.05, 0.1) is 17.7 Å². The van der Waals surface area contributed by atoms with Crippen molar-refractivity contribution in [3.8, 4) is 0 Å². The quantitative estimate of drug-likeness (QED) is 0.541. The van der Waals surface area contributed by atoms with Crippen LogP contribution in [0.4, 0.5) is 0 Å². The summed E-state index contributed by atoms with van der Waals surface area (Å²) in [6.07, 6.45) is 3.57. The number of hydrazone groups is 1. The Balaban J connectivity index is 1.64. The molecule has 2 N–H and O–H groups in total. The topological polar surface area (TPSA) is 57.2 Å². The van der Waals surface area contributed by atoms with Gasteiger partial charge in [-0.05, 0) is 23.8 Å². The van der Waals surface area contributed by atoms with Crippen LogP contribution < -0.4 is 5.43 Å². The molecule has 6 heteroatoms. The van der Waals surface area contributed by atoms with Gasteiger partial charge in [0.2, 0.25) is 5.91 Å². The van der Waals surface area contributed by atoms with E-state index >= 15 is 0 Å². The number of hydrogen-bond acceptors (Lipinski definition) is 2. The van der Waals surface area contributed by atoms with Crippen molar-refractivity contribution in [3.63, 3.8) is 0 Å². The minimum absolute atomic E-state index is 0.198. The Morgan fingerprint density at radius 3 is 2.87 bits per heavy atom. The van der Waals surface area contributed by atoms with Gasteiger partial charge >= 0.3 is 0 Å². The molecule has 116 valence electrons. The third-order valence-corrected chi connectivity index (χ3v) is 3.94. The van der Waals surface area contributed by atoms with Crippen molar-refractivity contribution in [2.45, 2.75) is 6.42 Å². The Bertz CT molecular complexity index is 886. The van der Waals surface area contributed by atoms with E-state index in [1.165, 1.54) is 6.21 Å². The molecule has 0 saturated heterocycles. The van der Waals surface area contributed by atoms with Crippen molar-refractivity contribution < 1.29 is 4.79 Å². The molecule has 0 radical (unpaired) electrons. The smallest absolute Gasteiger partial charge is 0.244 e. The molecule has 2 aromatic carbocycles. The van der Waals surface area contributed by atoms with Crippen LogP contribution in [-0.2, 0) is 11.2 Å². The van der Waals surface area contributed by atoms with Gasteiger partial charge in [-0.15, -0.1) is 0 Å². The van der Waals surface area contributed by atoms with E-state index in [1.807, 2.05) is 30.5 Å². The Morgan fingerprint density at radius 2 is 2.04 bits per heavy atom. The normalized spacial score (nSPS) is 11.2. The van der Waals surface area contributed by atoms with Crippen LogP contribution in [0.5, 0.6) is 0 Å². The van der Waals surface area contributed by atoms with Gasteiger partial charge in [-0.3, -0.25) is 4.79 Å². The number of para-hydroxylation sites is 1. The number of nitrogens with zero attached hydrogens (tertiary/aromatic N) is 1. The first-order chi connectivity index (χ1) is 11.1. The molecule has 0 aliphatic rings. The van der Waals surface area contributed by atoms with Crippen molar-refractivity contribution >= 4 is 46.2 Å². The highest BCUT2D eigenvalue weighted by Crippen LogP contribution is 2.19. The molecular weight excluding hydrogens is 333 g/mol. The number of halogens is 2. The summed E-state index contributed by atoms with van der Waals surface area (Å²) in [5, 5.41) is 6.00. The molecule has 3 rings (SSSR count). The molecule has 1 aromatic heterocycles. The van der Waals surface area contributed by atoms with E-state index < -0.39 is 0 Å². The second-order valence-corrected chi connectivity index (χ2v) is 5.84. The zero-order valence-corrected chi connectivity index (χ0v) is 13.5. The van der Waals surface area contributed by atoms with Gasteiger partial charge in [-0.25, -0.2) is 5.43 Å². The third kappa shape index (κ3) is 3.73. The van der Waals surface area contributed by atoms with Crippen LogP contribution in [0.2, 0.25) is 10.0 Å². The standard InChI is InChI=1S/C17H13Cl2N3O/c18-13-6-5-11(15(19)8-13)10-21-22-17(23)7-12-9-20-16-4-2-1-3-14(12)16/h1-6,8-10,20H,7H2,(H,22,23)/b21-10-. The largest absolute Gasteiger partial charge is 0.361 e. The highest BCUT2D eigenvalue weighted by atomic mass is 35.5. The number of H-pyrrole nitrogens is 1. The maximum absolute atomic E-state index is 12.0. The highest BCUT2D eigenvalue weighted by Gasteiger charge is 2.07. The highest BCUT2D eigenvalue weighted by molar-refractivity contribution is 6.36. The van der Waals surface area contributed by atoms with Crippen LogP contribution in [0.25, 0.3) is 10.9 Å². The monoisotopic (exact) mass is 345 g/mol. The lowest BCUT2D eigenvalue weighted by Crippen LogP contribution is -2.19. The summed E-state index contributed by atoms with van der Waals surface area (Å²) in [5.74, 6) is -0.198. The van der Waals surface area contributed by atoms with Gasteiger partial charge in [0.25, 0.3) is 0 Å². The van der Waals surface area contributed by atoms with Crippen LogP contribution in [0.1, 0.15) is 11.1 Å². The van der Waals surface area contributed by atoms with Crippen LogP contribution in [0.3, 0.4) is 0 Å². The van der Waals surface area contributed by atoms with Crippen molar-refractivity contribution in [1.82, 2.24) is 10.4 Å². The number of amides is 1. The Kier molecular flexibility index (Phi) is 4.65. The van der Waals surface area contributed by atoms with E-state index in [4.69, 9.17) is 23.2 Å². The van der Waals surface area contributed by atoms with Crippen LogP contribution in [0.15, 0.2) is 53.8 Å². The minimum Gasteiger partial charge on any atom is -0.361 e. The zero-order chi connectivity index (χ0) is 16.2. The molecule has 0 fully saturated rings. The molecule has 23 heavy (non-hydrogen) atoms. The number of aromatic nitrogens is 1. The van der Waals surface area contributed by atoms with Crippen molar-refractivity contribution in [2.75, 3.05) is 0 Å². The Hall–Kier alpha value is -2.30. The van der Waals surface area contributed by atoms with Crippen molar-refractivity contribution in [3.05, 3.63) is 69.8 Å². The van der Waals surface area contributed by atoms with Crippen LogP contribution in [-0.4, -0.2) is 17.1 Å². The molecule has 0 bridgehead atoms. The van der Waals surface area contributed by atoms with Gasteiger partial charge in [-0.1, -0.05) is 47.5 Å². The first kappa shape index (κ1) is 15.6. The maximum atomic E-state index is 12.0. The lowest BCUT2D eigenvalue weighted by Gasteiger charge is -2.00. The molecule has 0 unspecified atom stereocenters. The number of nitrogens with one attached hydrogen (secondary N) is 2. The van der Waals surface area contributed by atoms with Crippen LogP contribution >= 0.6 is 23.2 Å². The molecule has 4 nitrogen and oxygen atoms in total. The first-order valence-corrected chi connectivity index (χ1v) is 7.71. The third-order valence-electron chi connectivity index (χ3n) is 3.38. The molecular formula is C17H13Cl2N3O. The van der Waals surface area contributed by atoms with Gasteiger partial charge in [0, 0.05) is 27.7 Å². The molecule has 1 heterocycles. The van der Waals surface area contributed by atoms with E-state index in [2.05, 4.69) is 15.5 Å². The predicted molar refractivity (Wildman–Crippen MR) is 94.2 cm³/mol. The maximum Gasteiger partial charge on any atom is 0.244 e. The summed E-state index contributed by atoms with van der Waals surface area (Å²) in [4.78, 5) is 15.1. The number of benzene rings is 2. The summed E-state index contributed by atoms with van der Waals surface area (Å²) in [6, 6.07) is 12.9. The molecule has 0 aliphatic heterocycles. The molecule has 0 atom stereocenters. The van der Waals surface area contributed by atoms with Gasteiger partial charge in [0.1, 0.15) is 0 Å². The summed E-state index contributed by atoms with van der Waals surface area (Å²) in [5.41, 5.74) is 5.12. The van der Waals surface area contributed by atoms with E-state index in [9.17, 15) is 4.79 Å². The molecule has 0 aliphatic carbocycles. The summed E-state index contributed by atoms with van der Waals surface area (Å²) in [6.45, 7) is 0. The summed E-state index contributed by atoms with van der Waals surface area (Å²) < 4.78 is 0. The average Bonchev–Trinajstić information content (AvgIpc) is 2.93. The number of fused-ring (bicyclic) bond motifs is 1. The fraction of sp³-hybridized carbons (Fsp3) is 0.0588. The lowest BCUT2D eigenvalue weighted by atomic mass is 10.1. The number of carbonyl (C=O) groups is 1. The molecule has 0 saturated carbocycles. The number of hydrogen-bond donors (Lipinski definition) is 2. The summed E-state index contributed by atoms with van der Waals surface area (Å²) >= 11 is 11.9. The first-order valence-electron chi connectivity index (χ1n) is 6.95. The minimum atomic E-state index is -0.198. The fourth-order valence-corrected chi connectivity index (χ4v) is 2.73. The molecule has 1 amide bonds. The predicted octanol–water partition coefficient (Wildman–Crippen LogP) is 4.17. The second kappa shape index (κ2) is 6.86. The SMILES string of the molecule is O=C(Cc1c[nH]c2ccccc12)N/N=C\c1ccc(Cl)cc1Cl. The second-order valence-electron chi connectivity index (χ2n) is 5.00. The molecule has 3 aromatic rings.